The maximum atomic E-state index is 12.5. The highest BCUT2D eigenvalue weighted by Crippen LogP contribution is 2.25. The van der Waals surface area contributed by atoms with Crippen LogP contribution in [-0.4, -0.2) is 55.3 Å². The van der Waals surface area contributed by atoms with Gasteiger partial charge in [0.25, 0.3) is 5.91 Å². The van der Waals surface area contributed by atoms with Crippen LogP contribution in [0.2, 0.25) is 0 Å². The topological polar surface area (TPSA) is 76.1 Å². The third-order valence-electron chi connectivity index (χ3n) is 3.44. The number of carboxylic acids is 1. The standard InChI is InChI=1S/C16H23NO5/c1-10-6-13(16(20)17(4)12(3)8-21-5)7-11(2)15(10)22-9-14(18)19/h6-7,12H,8-9H2,1-5H3,(H,18,19). The van der Waals surface area contributed by atoms with Crippen LogP contribution in [0.15, 0.2) is 12.1 Å². The van der Waals surface area contributed by atoms with Gasteiger partial charge in [0.2, 0.25) is 0 Å². The molecule has 0 aliphatic rings. The lowest BCUT2D eigenvalue weighted by atomic mass is 10.0. The van der Waals surface area contributed by atoms with Gasteiger partial charge in [0.05, 0.1) is 12.6 Å². The molecule has 1 unspecified atom stereocenters. The number of likely N-dealkylation sites (N-methyl/N-ethyl adjacent to an activating group) is 1. The molecular formula is C16H23NO5. The fourth-order valence-corrected chi connectivity index (χ4v) is 2.19. The quantitative estimate of drug-likeness (QED) is 0.832. The Morgan fingerprint density at radius 2 is 1.82 bits per heavy atom. The molecule has 0 fully saturated rings. The summed E-state index contributed by atoms with van der Waals surface area (Å²) in [6, 6.07) is 3.38. The van der Waals surface area contributed by atoms with Crippen molar-refractivity contribution >= 4 is 11.9 Å². The van der Waals surface area contributed by atoms with Gasteiger partial charge in [0.15, 0.2) is 6.61 Å². The van der Waals surface area contributed by atoms with E-state index in [-0.39, 0.29) is 11.9 Å². The number of aliphatic carboxylic acids is 1. The summed E-state index contributed by atoms with van der Waals surface area (Å²) < 4.78 is 10.3. The van der Waals surface area contributed by atoms with Crippen LogP contribution >= 0.6 is 0 Å². The van der Waals surface area contributed by atoms with Gasteiger partial charge in [0.1, 0.15) is 5.75 Å². The van der Waals surface area contributed by atoms with Crippen molar-refractivity contribution < 1.29 is 24.2 Å². The third-order valence-corrected chi connectivity index (χ3v) is 3.44. The van der Waals surface area contributed by atoms with Gasteiger partial charge in [-0.15, -0.1) is 0 Å². The Balaban J connectivity index is 2.98. The molecule has 6 nitrogen and oxygen atoms in total. The van der Waals surface area contributed by atoms with Crippen LogP contribution < -0.4 is 4.74 Å². The Morgan fingerprint density at radius 3 is 2.27 bits per heavy atom. The van der Waals surface area contributed by atoms with Gasteiger partial charge in [-0.1, -0.05) is 0 Å². The summed E-state index contributed by atoms with van der Waals surface area (Å²) in [5.41, 5.74) is 2.01. The molecule has 122 valence electrons. The highest BCUT2D eigenvalue weighted by Gasteiger charge is 2.19. The SMILES string of the molecule is COCC(C)N(C)C(=O)c1cc(C)c(OCC(=O)O)c(C)c1. The lowest BCUT2D eigenvalue weighted by Crippen LogP contribution is -2.37. The molecule has 0 bridgehead atoms. The third kappa shape index (κ3) is 4.46. The lowest BCUT2D eigenvalue weighted by Gasteiger charge is -2.25. The van der Waals surface area contributed by atoms with Gasteiger partial charge in [-0.3, -0.25) is 4.79 Å². The molecule has 1 rings (SSSR count). The number of nitrogens with zero attached hydrogens (tertiary/aromatic N) is 1. The second-order valence-corrected chi connectivity index (χ2v) is 5.34. The van der Waals surface area contributed by atoms with Gasteiger partial charge in [-0.05, 0) is 44.0 Å². The van der Waals surface area contributed by atoms with E-state index in [2.05, 4.69) is 0 Å². The lowest BCUT2D eigenvalue weighted by molar-refractivity contribution is -0.139. The first-order valence-electron chi connectivity index (χ1n) is 6.99. The maximum absolute atomic E-state index is 12.5. The minimum absolute atomic E-state index is 0.0407. The van der Waals surface area contributed by atoms with E-state index < -0.39 is 12.6 Å². The Labute approximate surface area is 130 Å². The first kappa shape index (κ1) is 18.0. The predicted octanol–water partition coefficient (Wildman–Crippen LogP) is 1.87. The minimum atomic E-state index is -1.04. The molecule has 1 atom stereocenters. The summed E-state index contributed by atoms with van der Waals surface area (Å²) in [5, 5.41) is 8.69. The van der Waals surface area contributed by atoms with Gasteiger partial charge in [0, 0.05) is 19.7 Å². The Bertz CT molecular complexity index is 532. The molecular weight excluding hydrogens is 286 g/mol. The van der Waals surface area contributed by atoms with Crippen LogP contribution in [-0.2, 0) is 9.53 Å². The second kappa shape index (κ2) is 7.79. The van der Waals surface area contributed by atoms with Crippen molar-refractivity contribution in [3.8, 4) is 5.75 Å². The number of rotatable bonds is 7. The first-order valence-corrected chi connectivity index (χ1v) is 6.99. The molecule has 1 aromatic rings. The van der Waals surface area contributed by atoms with Crippen LogP contribution in [0.4, 0.5) is 0 Å². The zero-order chi connectivity index (χ0) is 16.9. The van der Waals surface area contributed by atoms with E-state index >= 15 is 0 Å². The number of carbonyl (C=O) groups is 2. The molecule has 1 N–H and O–H groups in total. The van der Waals surface area contributed by atoms with Gasteiger partial charge in [-0.25, -0.2) is 4.79 Å². The first-order chi connectivity index (χ1) is 10.3. The molecule has 0 saturated heterocycles. The largest absolute Gasteiger partial charge is 0.481 e. The molecule has 0 heterocycles. The van der Waals surface area contributed by atoms with E-state index in [1.54, 1.807) is 45.0 Å². The molecule has 6 heteroatoms. The minimum Gasteiger partial charge on any atom is -0.481 e. The second-order valence-electron chi connectivity index (χ2n) is 5.34. The van der Waals surface area contributed by atoms with Crippen molar-refractivity contribution in [3.63, 3.8) is 0 Å². The zero-order valence-electron chi connectivity index (χ0n) is 13.7. The van der Waals surface area contributed by atoms with E-state index in [4.69, 9.17) is 14.6 Å². The summed E-state index contributed by atoms with van der Waals surface area (Å²) in [7, 11) is 3.32. The highest BCUT2D eigenvalue weighted by molar-refractivity contribution is 5.95. The maximum Gasteiger partial charge on any atom is 0.341 e. The van der Waals surface area contributed by atoms with E-state index in [0.717, 1.165) is 11.1 Å². The number of aryl methyl sites for hydroxylation is 2. The number of methoxy groups -OCH3 is 1. The van der Waals surface area contributed by atoms with E-state index in [1.807, 2.05) is 6.92 Å². The monoisotopic (exact) mass is 309 g/mol. The summed E-state index contributed by atoms with van der Waals surface area (Å²) in [6.07, 6.45) is 0. The van der Waals surface area contributed by atoms with Crippen molar-refractivity contribution in [2.75, 3.05) is 27.4 Å². The van der Waals surface area contributed by atoms with Crippen molar-refractivity contribution in [1.82, 2.24) is 4.90 Å². The van der Waals surface area contributed by atoms with Crippen LogP contribution in [0.25, 0.3) is 0 Å². The van der Waals surface area contributed by atoms with E-state index in [1.165, 1.54) is 0 Å². The van der Waals surface area contributed by atoms with E-state index in [9.17, 15) is 9.59 Å². The molecule has 22 heavy (non-hydrogen) atoms. The summed E-state index contributed by atoms with van der Waals surface area (Å²) >= 11 is 0. The summed E-state index contributed by atoms with van der Waals surface area (Å²) in [5.74, 6) is -0.640. The fourth-order valence-electron chi connectivity index (χ4n) is 2.19. The molecule has 1 aromatic carbocycles. The average Bonchev–Trinajstić information content (AvgIpc) is 2.44. The average molecular weight is 309 g/mol. The molecule has 1 amide bonds. The van der Waals surface area contributed by atoms with Crippen molar-refractivity contribution in [1.29, 1.82) is 0 Å². The molecule has 0 aliphatic heterocycles. The number of carbonyl (C=O) groups excluding carboxylic acids is 1. The Kier molecular flexibility index (Phi) is 6.37. The Hall–Kier alpha value is -2.08. The van der Waals surface area contributed by atoms with Crippen LogP contribution in [0, 0.1) is 13.8 Å². The van der Waals surface area contributed by atoms with Gasteiger partial charge >= 0.3 is 5.97 Å². The number of benzene rings is 1. The zero-order valence-corrected chi connectivity index (χ0v) is 13.7. The number of hydrogen-bond donors (Lipinski definition) is 1. The molecule has 0 saturated carbocycles. The van der Waals surface area contributed by atoms with Gasteiger partial charge < -0.3 is 19.5 Å². The predicted molar refractivity (Wildman–Crippen MR) is 82.5 cm³/mol. The van der Waals surface area contributed by atoms with Crippen LogP contribution in [0.1, 0.15) is 28.4 Å². The number of amides is 1. The normalized spacial score (nSPS) is 11.9. The smallest absolute Gasteiger partial charge is 0.341 e. The number of hydrogen-bond acceptors (Lipinski definition) is 4. The van der Waals surface area contributed by atoms with Crippen LogP contribution in [0.3, 0.4) is 0 Å². The summed E-state index contributed by atoms with van der Waals surface area (Å²) in [6.45, 7) is 5.55. The van der Waals surface area contributed by atoms with Crippen LogP contribution in [0.5, 0.6) is 5.75 Å². The summed E-state index contributed by atoms with van der Waals surface area (Å²) in [4.78, 5) is 24.7. The fraction of sp³-hybridized carbons (Fsp3) is 0.500. The number of carboxylic acid groups (broad SMARTS) is 1. The highest BCUT2D eigenvalue weighted by atomic mass is 16.5. The molecule has 0 radical (unpaired) electrons. The molecule has 0 aromatic heterocycles. The molecule has 0 aliphatic carbocycles. The van der Waals surface area contributed by atoms with Crippen molar-refractivity contribution in [2.24, 2.45) is 0 Å². The van der Waals surface area contributed by atoms with Crippen molar-refractivity contribution in [2.45, 2.75) is 26.8 Å². The van der Waals surface area contributed by atoms with E-state index in [0.29, 0.717) is 17.9 Å². The Morgan fingerprint density at radius 1 is 1.27 bits per heavy atom. The van der Waals surface area contributed by atoms with Gasteiger partial charge in [-0.2, -0.15) is 0 Å². The molecule has 0 spiro atoms. The van der Waals surface area contributed by atoms with Crippen molar-refractivity contribution in [3.05, 3.63) is 28.8 Å². The number of ether oxygens (including phenoxy) is 2.